The molecule has 0 radical (unpaired) electrons. The Kier molecular flexibility index (Phi) is 8.15. The number of aromatic nitrogens is 2. The highest BCUT2D eigenvalue weighted by atomic mass is 127. The molecular formula is C21H33IN6. The number of nitrogens with one attached hydrogen (secondary N) is 2. The smallest absolute Gasteiger partial charge is 0.204 e. The SMILES string of the molecule is CN=C(NCc1cnc(N(C)C)n1C)NC(C)c1ccc2c(c1)CCCC2.I. The number of halogens is 1. The van der Waals surface area contributed by atoms with Crippen LogP contribution in [-0.4, -0.2) is 36.7 Å². The van der Waals surface area contributed by atoms with Gasteiger partial charge in [-0.1, -0.05) is 18.2 Å². The molecule has 7 heteroatoms. The van der Waals surface area contributed by atoms with E-state index < -0.39 is 0 Å². The number of hydrogen-bond donors (Lipinski definition) is 2. The Morgan fingerprint density at radius 3 is 2.61 bits per heavy atom. The highest BCUT2D eigenvalue weighted by molar-refractivity contribution is 14.0. The van der Waals surface area contributed by atoms with Crippen molar-refractivity contribution in [2.45, 2.75) is 45.2 Å². The topological polar surface area (TPSA) is 57.5 Å². The summed E-state index contributed by atoms with van der Waals surface area (Å²) in [7, 11) is 7.84. The van der Waals surface area contributed by atoms with Crippen molar-refractivity contribution in [3.8, 4) is 0 Å². The lowest BCUT2D eigenvalue weighted by Crippen LogP contribution is -2.38. The zero-order chi connectivity index (χ0) is 19.4. The van der Waals surface area contributed by atoms with E-state index in [0.717, 1.165) is 17.6 Å². The molecule has 2 aromatic rings. The number of aliphatic imine (C=N–C) groups is 1. The molecule has 1 heterocycles. The molecule has 0 saturated carbocycles. The van der Waals surface area contributed by atoms with Crippen molar-refractivity contribution in [3.63, 3.8) is 0 Å². The molecule has 0 amide bonds. The lowest BCUT2D eigenvalue weighted by Gasteiger charge is -2.22. The predicted molar refractivity (Wildman–Crippen MR) is 128 cm³/mol. The third-order valence-electron chi connectivity index (χ3n) is 5.35. The summed E-state index contributed by atoms with van der Waals surface area (Å²) in [5.41, 5.74) is 5.46. The van der Waals surface area contributed by atoms with Crippen LogP contribution in [0, 0.1) is 0 Å². The second-order valence-electron chi connectivity index (χ2n) is 7.53. The van der Waals surface area contributed by atoms with Gasteiger partial charge in [0.25, 0.3) is 0 Å². The van der Waals surface area contributed by atoms with Gasteiger partial charge in [-0.3, -0.25) is 4.99 Å². The molecule has 0 fully saturated rings. The Hall–Kier alpha value is -1.77. The predicted octanol–water partition coefficient (Wildman–Crippen LogP) is 3.41. The van der Waals surface area contributed by atoms with Crippen molar-refractivity contribution in [3.05, 3.63) is 46.8 Å². The van der Waals surface area contributed by atoms with Gasteiger partial charge in [0, 0.05) is 28.2 Å². The molecule has 1 aliphatic carbocycles. The van der Waals surface area contributed by atoms with Crippen molar-refractivity contribution in [1.29, 1.82) is 0 Å². The second kappa shape index (κ2) is 10.1. The normalized spacial score (nSPS) is 14.7. The van der Waals surface area contributed by atoms with E-state index in [9.17, 15) is 0 Å². The van der Waals surface area contributed by atoms with Crippen LogP contribution in [0.2, 0.25) is 0 Å². The van der Waals surface area contributed by atoms with E-state index >= 15 is 0 Å². The minimum atomic E-state index is 0. The monoisotopic (exact) mass is 496 g/mol. The van der Waals surface area contributed by atoms with Gasteiger partial charge in [0.2, 0.25) is 5.95 Å². The van der Waals surface area contributed by atoms with Crippen molar-refractivity contribution in [1.82, 2.24) is 20.2 Å². The summed E-state index contributed by atoms with van der Waals surface area (Å²) in [6.07, 6.45) is 6.96. The first-order valence-corrected chi connectivity index (χ1v) is 9.76. The van der Waals surface area contributed by atoms with Crippen molar-refractivity contribution in [2.24, 2.45) is 12.0 Å². The molecule has 0 bridgehead atoms. The first-order valence-electron chi connectivity index (χ1n) is 9.76. The van der Waals surface area contributed by atoms with Crippen LogP contribution >= 0.6 is 24.0 Å². The maximum atomic E-state index is 4.46. The zero-order valence-corrected chi connectivity index (χ0v) is 19.9. The van der Waals surface area contributed by atoms with Gasteiger partial charge in [-0.25, -0.2) is 4.98 Å². The summed E-state index contributed by atoms with van der Waals surface area (Å²) in [5.74, 6) is 1.74. The molecule has 0 spiro atoms. The molecule has 1 aromatic carbocycles. The number of nitrogens with zero attached hydrogens (tertiary/aromatic N) is 4. The van der Waals surface area contributed by atoms with E-state index in [4.69, 9.17) is 0 Å². The van der Waals surface area contributed by atoms with Gasteiger partial charge in [0.15, 0.2) is 5.96 Å². The molecule has 1 aromatic heterocycles. The van der Waals surface area contributed by atoms with Crippen LogP contribution in [0.25, 0.3) is 0 Å². The Morgan fingerprint density at radius 2 is 1.96 bits per heavy atom. The Bertz CT molecular complexity index is 811. The van der Waals surface area contributed by atoms with E-state index in [1.807, 2.05) is 39.3 Å². The molecule has 3 rings (SSSR count). The molecule has 1 unspecified atom stereocenters. The summed E-state index contributed by atoms with van der Waals surface area (Å²) in [5, 5.41) is 6.91. The van der Waals surface area contributed by atoms with Crippen molar-refractivity contribution < 1.29 is 0 Å². The van der Waals surface area contributed by atoms with Gasteiger partial charge >= 0.3 is 0 Å². The van der Waals surface area contributed by atoms with Crippen molar-refractivity contribution >= 4 is 35.9 Å². The number of hydrogen-bond acceptors (Lipinski definition) is 3. The highest BCUT2D eigenvalue weighted by Crippen LogP contribution is 2.24. The van der Waals surface area contributed by atoms with Gasteiger partial charge in [0.05, 0.1) is 24.5 Å². The van der Waals surface area contributed by atoms with Gasteiger partial charge in [-0.2, -0.15) is 0 Å². The third kappa shape index (κ3) is 5.18. The standard InChI is InChI=1S/C21H32N6.HI/c1-15(17-11-10-16-8-6-7-9-18(16)12-17)25-20(22-2)23-13-19-14-24-21(26(3)4)27(19)5;/h10-12,14-15H,6-9,13H2,1-5H3,(H2,22,23,25);1H. The van der Waals surface area contributed by atoms with Gasteiger partial charge in [-0.05, 0) is 49.3 Å². The van der Waals surface area contributed by atoms with Crippen LogP contribution in [0.1, 0.15) is 48.2 Å². The van der Waals surface area contributed by atoms with E-state index in [1.54, 1.807) is 0 Å². The zero-order valence-electron chi connectivity index (χ0n) is 17.6. The number of anilines is 1. The number of aryl methyl sites for hydroxylation is 2. The molecule has 154 valence electrons. The van der Waals surface area contributed by atoms with E-state index in [2.05, 4.69) is 50.3 Å². The number of imidazole rings is 1. The highest BCUT2D eigenvalue weighted by Gasteiger charge is 2.14. The number of guanidine groups is 1. The molecular weight excluding hydrogens is 463 g/mol. The summed E-state index contributed by atoms with van der Waals surface area (Å²) < 4.78 is 2.09. The Balaban J connectivity index is 0.00000280. The minimum absolute atomic E-state index is 0. The van der Waals surface area contributed by atoms with Crippen molar-refractivity contribution in [2.75, 3.05) is 26.0 Å². The van der Waals surface area contributed by atoms with Crippen LogP contribution in [0.4, 0.5) is 5.95 Å². The van der Waals surface area contributed by atoms with E-state index in [-0.39, 0.29) is 30.0 Å². The molecule has 0 saturated heterocycles. The van der Waals surface area contributed by atoms with Gasteiger partial charge in [-0.15, -0.1) is 24.0 Å². The average Bonchev–Trinajstić information content (AvgIpc) is 3.05. The fourth-order valence-electron chi connectivity index (χ4n) is 3.69. The summed E-state index contributed by atoms with van der Waals surface area (Å²) in [6.45, 7) is 2.86. The van der Waals surface area contributed by atoms with Crippen LogP contribution in [0.5, 0.6) is 0 Å². The Labute approximate surface area is 185 Å². The first-order chi connectivity index (χ1) is 13.0. The van der Waals surface area contributed by atoms with Gasteiger partial charge in [0.1, 0.15) is 0 Å². The molecule has 1 aliphatic rings. The quantitative estimate of drug-likeness (QED) is 0.379. The third-order valence-corrected chi connectivity index (χ3v) is 5.35. The molecule has 2 N–H and O–H groups in total. The summed E-state index contributed by atoms with van der Waals surface area (Å²) >= 11 is 0. The number of benzene rings is 1. The van der Waals surface area contributed by atoms with Crippen LogP contribution in [0.15, 0.2) is 29.4 Å². The molecule has 1 atom stereocenters. The fourth-order valence-corrected chi connectivity index (χ4v) is 3.69. The van der Waals surface area contributed by atoms with Crippen LogP contribution < -0.4 is 15.5 Å². The molecule has 28 heavy (non-hydrogen) atoms. The maximum absolute atomic E-state index is 4.46. The van der Waals surface area contributed by atoms with Gasteiger partial charge < -0.3 is 20.1 Å². The first kappa shape index (κ1) is 22.5. The lowest BCUT2D eigenvalue weighted by atomic mass is 9.89. The summed E-state index contributed by atoms with van der Waals surface area (Å²) in [6, 6.07) is 7.12. The maximum Gasteiger partial charge on any atom is 0.204 e. The Morgan fingerprint density at radius 1 is 1.25 bits per heavy atom. The lowest BCUT2D eigenvalue weighted by molar-refractivity contribution is 0.661. The average molecular weight is 496 g/mol. The van der Waals surface area contributed by atoms with E-state index in [1.165, 1.54) is 42.4 Å². The van der Waals surface area contributed by atoms with E-state index in [0.29, 0.717) is 6.54 Å². The molecule has 0 aliphatic heterocycles. The molecule has 6 nitrogen and oxygen atoms in total. The number of rotatable bonds is 5. The number of fused-ring (bicyclic) bond motifs is 1. The fraction of sp³-hybridized carbons (Fsp3) is 0.524. The summed E-state index contributed by atoms with van der Waals surface area (Å²) in [4.78, 5) is 10.8. The van der Waals surface area contributed by atoms with Crippen LogP contribution in [0.3, 0.4) is 0 Å². The minimum Gasteiger partial charge on any atom is -0.351 e. The second-order valence-corrected chi connectivity index (χ2v) is 7.53. The largest absolute Gasteiger partial charge is 0.351 e. The van der Waals surface area contributed by atoms with Crippen LogP contribution in [-0.2, 0) is 26.4 Å².